The maximum Gasteiger partial charge on any atom is 0.137 e. The third-order valence-corrected chi connectivity index (χ3v) is 3.98. The van der Waals surface area contributed by atoms with Gasteiger partial charge in [-0.05, 0) is 44.0 Å². The number of halogens is 1. The van der Waals surface area contributed by atoms with Gasteiger partial charge < -0.3 is 5.73 Å². The summed E-state index contributed by atoms with van der Waals surface area (Å²) in [7, 11) is 0. The average molecular weight is 275 g/mol. The molecule has 0 aliphatic heterocycles. The monoisotopic (exact) mass is 275 g/mol. The number of hydrogen-bond donors (Lipinski definition) is 1. The minimum absolute atomic E-state index is 0.0989. The normalized spacial score (nSPS) is 12.4. The van der Waals surface area contributed by atoms with Crippen LogP contribution in [0.15, 0.2) is 52.3 Å². The molecule has 0 spiro atoms. The van der Waals surface area contributed by atoms with Crippen LogP contribution in [-0.4, -0.2) is 6.04 Å². The Morgan fingerprint density at radius 2 is 1.89 bits per heavy atom. The molecule has 0 bridgehead atoms. The fourth-order valence-corrected chi connectivity index (χ4v) is 2.92. The van der Waals surface area contributed by atoms with Crippen molar-refractivity contribution in [3.63, 3.8) is 0 Å². The van der Waals surface area contributed by atoms with Crippen molar-refractivity contribution in [1.82, 2.24) is 0 Å². The van der Waals surface area contributed by atoms with E-state index in [1.165, 1.54) is 29.0 Å². The molecule has 3 heteroatoms. The van der Waals surface area contributed by atoms with Crippen molar-refractivity contribution in [3.05, 3.63) is 59.4 Å². The second kappa shape index (κ2) is 6.22. The first-order chi connectivity index (χ1) is 9.06. The molecule has 100 valence electrons. The zero-order valence-corrected chi connectivity index (χ0v) is 12.0. The van der Waals surface area contributed by atoms with Gasteiger partial charge in [-0.25, -0.2) is 4.39 Å². The van der Waals surface area contributed by atoms with E-state index in [1.807, 2.05) is 25.1 Å². The Balaban J connectivity index is 2.32. The summed E-state index contributed by atoms with van der Waals surface area (Å²) in [5.41, 5.74) is 8.27. The summed E-state index contributed by atoms with van der Waals surface area (Å²) in [5, 5.41) is 0. The van der Waals surface area contributed by atoms with Crippen molar-refractivity contribution in [1.29, 1.82) is 0 Å². The largest absolute Gasteiger partial charge is 0.328 e. The first-order valence-electron chi connectivity index (χ1n) is 6.34. The van der Waals surface area contributed by atoms with E-state index in [0.29, 0.717) is 4.90 Å². The van der Waals surface area contributed by atoms with Crippen LogP contribution in [-0.2, 0) is 6.42 Å². The van der Waals surface area contributed by atoms with Crippen LogP contribution in [0, 0.1) is 12.7 Å². The zero-order chi connectivity index (χ0) is 13.8. The smallest absolute Gasteiger partial charge is 0.137 e. The van der Waals surface area contributed by atoms with E-state index in [9.17, 15) is 4.39 Å². The van der Waals surface area contributed by atoms with E-state index in [1.54, 1.807) is 12.1 Å². The van der Waals surface area contributed by atoms with Gasteiger partial charge >= 0.3 is 0 Å². The lowest BCUT2D eigenvalue weighted by atomic mass is 10.1. The van der Waals surface area contributed by atoms with E-state index in [2.05, 4.69) is 13.0 Å². The highest BCUT2D eigenvalue weighted by Crippen LogP contribution is 2.33. The molecule has 0 amide bonds. The van der Waals surface area contributed by atoms with E-state index >= 15 is 0 Å². The van der Waals surface area contributed by atoms with Crippen LogP contribution in [0.25, 0.3) is 0 Å². The van der Waals surface area contributed by atoms with Crippen molar-refractivity contribution in [2.45, 2.75) is 36.1 Å². The Morgan fingerprint density at radius 1 is 1.16 bits per heavy atom. The van der Waals surface area contributed by atoms with Crippen molar-refractivity contribution in [3.8, 4) is 0 Å². The molecular formula is C16H18FNS. The SMILES string of the molecule is Cc1ccc(Sc2ccccc2F)c(CC(C)N)c1. The molecule has 0 saturated carbocycles. The summed E-state index contributed by atoms with van der Waals surface area (Å²) in [6, 6.07) is 13.2. The molecule has 0 aliphatic carbocycles. The summed E-state index contributed by atoms with van der Waals surface area (Å²) < 4.78 is 13.7. The summed E-state index contributed by atoms with van der Waals surface area (Å²) >= 11 is 1.46. The standard InChI is InChI=1S/C16H18FNS/c1-11-7-8-15(13(9-11)10-12(2)18)19-16-6-4-3-5-14(16)17/h3-9,12H,10,18H2,1-2H3. The second-order valence-corrected chi connectivity index (χ2v) is 5.91. The predicted octanol–water partition coefficient (Wildman–Crippen LogP) is 4.18. The Kier molecular flexibility index (Phi) is 4.61. The third kappa shape index (κ3) is 3.82. The van der Waals surface area contributed by atoms with E-state index in [0.717, 1.165) is 11.3 Å². The van der Waals surface area contributed by atoms with Crippen molar-refractivity contribution in [2.75, 3.05) is 0 Å². The van der Waals surface area contributed by atoms with Gasteiger partial charge in [0.05, 0.1) is 0 Å². The maximum atomic E-state index is 13.7. The van der Waals surface area contributed by atoms with Crippen LogP contribution < -0.4 is 5.73 Å². The quantitative estimate of drug-likeness (QED) is 0.906. The summed E-state index contributed by atoms with van der Waals surface area (Å²) in [4.78, 5) is 1.73. The summed E-state index contributed by atoms with van der Waals surface area (Å²) in [6.07, 6.45) is 0.804. The van der Waals surface area contributed by atoms with Crippen molar-refractivity contribution in [2.24, 2.45) is 5.73 Å². The molecular weight excluding hydrogens is 257 g/mol. The topological polar surface area (TPSA) is 26.0 Å². The molecule has 0 aromatic heterocycles. The Hall–Kier alpha value is -1.32. The third-order valence-electron chi connectivity index (χ3n) is 2.81. The molecule has 0 aliphatic rings. The molecule has 19 heavy (non-hydrogen) atoms. The van der Waals surface area contributed by atoms with Gasteiger partial charge in [0.25, 0.3) is 0 Å². The van der Waals surface area contributed by atoms with Crippen molar-refractivity contribution >= 4 is 11.8 Å². The highest BCUT2D eigenvalue weighted by atomic mass is 32.2. The van der Waals surface area contributed by atoms with Gasteiger partial charge in [-0.15, -0.1) is 0 Å². The van der Waals surface area contributed by atoms with Crippen LogP contribution in [0.5, 0.6) is 0 Å². The van der Waals surface area contributed by atoms with Crippen LogP contribution in [0.3, 0.4) is 0 Å². The second-order valence-electron chi connectivity index (χ2n) is 4.83. The Bertz CT molecular complexity index is 566. The molecule has 2 N–H and O–H groups in total. The average Bonchev–Trinajstić information content (AvgIpc) is 2.34. The summed E-state index contributed by atoms with van der Waals surface area (Å²) in [5.74, 6) is -0.181. The van der Waals surface area contributed by atoms with Gasteiger partial charge in [-0.1, -0.05) is 41.6 Å². The molecule has 0 fully saturated rings. The summed E-state index contributed by atoms with van der Waals surface area (Å²) in [6.45, 7) is 4.04. The number of nitrogens with two attached hydrogens (primary N) is 1. The van der Waals surface area contributed by atoms with E-state index in [-0.39, 0.29) is 11.9 Å². The predicted molar refractivity (Wildman–Crippen MR) is 79.1 cm³/mol. The number of aryl methyl sites for hydroxylation is 1. The van der Waals surface area contributed by atoms with Crippen LogP contribution >= 0.6 is 11.8 Å². The fraction of sp³-hybridized carbons (Fsp3) is 0.250. The molecule has 0 heterocycles. The van der Waals surface area contributed by atoms with E-state index in [4.69, 9.17) is 5.73 Å². The van der Waals surface area contributed by atoms with Gasteiger partial charge in [0.2, 0.25) is 0 Å². The van der Waals surface area contributed by atoms with Gasteiger partial charge in [0, 0.05) is 15.8 Å². The Labute approximate surface area is 118 Å². The number of benzene rings is 2. The van der Waals surface area contributed by atoms with Crippen molar-refractivity contribution < 1.29 is 4.39 Å². The molecule has 2 aromatic carbocycles. The van der Waals surface area contributed by atoms with Gasteiger partial charge in [-0.3, -0.25) is 0 Å². The van der Waals surface area contributed by atoms with Gasteiger partial charge in [-0.2, -0.15) is 0 Å². The van der Waals surface area contributed by atoms with Crippen LogP contribution in [0.4, 0.5) is 4.39 Å². The lowest BCUT2D eigenvalue weighted by Gasteiger charge is -2.12. The molecule has 0 saturated heterocycles. The molecule has 2 rings (SSSR count). The Morgan fingerprint density at radius 3 is 2.58 bits per heavy atom. The number of rotatable bonds is 4. The molecule has 1 unspecified atom stereocenters. The van der Waals surface area contributed by atoms with Crippen LogP contribution in [0.1, 0.15) is 18.1 Å². The molecule has 0 radical (unpaired) electrons. The molecule has 1 atom stereocenters. The first-order valence-corrected chi connectivity index (χ1v) is 7.15. The molecule has 1 nitrogen and oxygen atoms in total. The highest BCUT2D eigenvalue weighted by Gasteiger charge is 2.09. The number of hydrogen-bond acceptors (Lipinski definition) is 2. The minimum Gasteiger partial charge on any atom is -0.328 e. The zero-order valence-electron chi connectivity index (χ0n) is 11.2. The minimum atomic E-state index is -0.181. The first kappa shape index (κ1) is 14.1. The van der Waals surface area contributed by atoms with Gasteiger partial charge in [0.1, 0.15) is 5.82 Å². The van der Waals surface area contributed by atoms with Crippen LogP contribution in [0.2, 0.25) is 0 Å². The molecule has 2 aromatic rings. The highest BCUT2D eigenvalue weighted by molar-refractivity contribution is 7.99. The fourth-order valence-electron chi connectivity index (χ4n) is 1.96. The maximum absolute atomic E-state index is 13.7. The lowest BCUT2D eigenvalue weighted by molar-refractivity contribution is 0.602. The lowest BCUT2D eigenvalue weighted by Crippen LogP contribution is -2.18. The van der Waals surface area contributed by atoms with E-state index < -0.39 is 0 Å². The van der Waals surface area contributed by atoms with Gasteiger partial charge in [0.15, 0.2) is 0 Å².